The Bertz CT molecular complexity index is 895. The first-order chi connectivity index (χ1) is 26.3. The highest BCUT2D eigenvalue weighted by Crippen LogP contribution is 2.43. The van der Waals surface area contributed by atoms with Crippen LogP contribution in [0.3, 0.4) is 0 Å². The van der Waals surface area contributed by atoms with E-state index >= 15 is 0 Å². The number of unbranched alkanes of at least 4 members (excludes halogenated alkanes) is 29. The van der Waals surface area contributed by atoms with Gasteiger partial charge in [-0.05, 0) is 45.4 Å². The van der Waals surface area contributed by atoms with Crippen molar-refractivity contribution in [2.24, 2.45) is 0 Å². The standard InChI is InChI=1S/C45H87O8P/c1-4-7-9-11-13-15-17-19-21-23-25-27-29-31-33-35-37-39-44(46)50-41-43(42-52-54(48,49)51-6-3)53-45(47)40-38-36-34-32-30-28-26-24-22-20-18-16-14-12-10-8-5-2/h20,22,43H,4-19,21,23-42H2,1-3H3,(H,48,49)/b22-20-. The zero-order chi connectivity index (χ0) is 39.6. The van der Waals surface area contributed by atoms with Gasteiger partial charge in [-0.1, -0.05) is 193 Å². The van der Waals surface area contributed by atoms with E-state index in [9.17, 15) is 19.0 Å². The second-order valence-electron chi connectivity index (χ2n) is 15.4. The molecule has 9 heteroatoms. The molecule has 2 atom stereocenters. The minimum Gasteiger partial charge on any atom is -0.462 e. The number of phosphoric ester groups is 1. The van der Waals surface area contributed by atoms with Crippen LogP contribution in [-0.2, 0) is 32.7 Å². The fourth-order valence-corrected chi connectivity index (χ4v) is 7.44. The summed E-state index contributed by atoms with van der Waals surface area (Å²) in [6.07, 6.45) is 44.0. The summed E-state index contributed by atoms with van der Waals surface area (Å²) in [5, 5.41) is 0. The molecule has 0 fully saturated rings. The number of ether oxygens (including phenoxy) is 2. The summed E-state index contributed by atoms with van der Waals surface area (Å²) >= 11 is 0. The predicted octanol–water partition coefficient (Wildman–Crippen LogP) is 14.5. The van der Waals surface area contributed by atoms with Gasteiger partial charge in [-0.2, -0.15) is 0 Å². The lowest BCUT2D eigenvalue weighted by Crippen LogP contribution is -2.29. The van der Waals surface area contributed by atoms with E-state index in [1.165, 1.54) is 154 Å². The molecule has 8 nitrogen and oxygen atoms in total. The number of phosphoric acid groups is 1. The summed E-state index contributed by atoms with van der Waals surface area (Å²) in [6.45, 7) is 5.51. The topological polar surface area (TPSA) is 108 Å². The van der Waals surface area contributed by atoms with E-state index in [2.05, 4.69) is 26.0 Å². The van der Waals surface area contributed by atoms with Crippen molar-refractivity contribution in [2.45, 2.75) is 245 Å². The highest BCUT2D eigenvalue weighted by molar-refractivity contribution is 7.47. The molecular weight excluding hydrogens is 699 g/mol. The summed E-state index contributed by atoms with van der Waals surface area (Å²) < 4.78 is 32.7. The third kappa shape index (κ3) is 40.5. The molecule has 0 saturated carbocycles. The molecular formula is C45H87O8P. The normalized spacial score (nSPS) is 13.3. The van der Waals surface area contributed by atoms with Gasteiger partial charge in [-0.25, -0.2) is 4.57 Å². The van der Waals surface area contributed by atoms with Gasteiger partial charge in [0.15, 0.2) is 6.10 Å². The number of rotatable bonds is 43. The molecule has 0 rings (SSSR count). The first-order valence-electron chi connectivity index (χ1n) is 23.0. The molecule has 0 aromatic heterocycles. The SMILES string of the molecule is CCCCCCCC/C=C\CCCCCCCCCC(=O)OC(COC(=O)CCCCCCCCCCCCCCCCCCC)COP(=O)(O)OCC. The predicted molar refractivity (Wildman–Crippen MR) is 226 cm³/mol. The Morgan fingerprint density at radius 3 is 1.22 bits per heavy atom. The van der Waals surface area contributed by atoms with Crippen molar-refractivity contribution in [3.05, 3.63) is 12.2 Å². The van der Waals surface area contributed by atoms with Gasteiger partial charge in [0, 0.05) is 12.8 Å². The molecule has 0 amide bonds. The molecule has 0 aliphatic carbocycles. The van der Waals surface area contributed by atoms with E-state index in [1.807, 2.05) is 0 Å². The van der Waals surface area contributed by atoms with Gasteiger partial charge in [0.1, 0.15) is 6.61 Å². The van der Waals surface area contributed by atoms with Crippen molar-refractivity contribution in [2.75, 3.05) is 19.8 Å². The van der Waals surface area contributed by atoms with Crippen LogP contribution in [0.2, 0.25) is 0 Å². The Kier molecular flexibility index (Phi) is 40.5. The van der Waals surface area contributed by atoms with Crippen molar-refractivity contribution < 1.29 is 37.6 Å². The van der Waals surface area contributed by atoms with Gasteiger partial charge >= 0.3 is 19.8 Å². The highest BCUT2D eigenvalue weighted by Gasteiger charge is 2.25. The summed E-state index contributed by atoms with van der Waals surface area (Å²) in [6, 6.07) is 0. The lowest BCUT2D eigenvalue weighted by atomic mass is 10.0. The maximum absolute atomic E-state index is 12.6. The molecule has 0 aliphatic rings. The monoisotopic (exact) mass is 787 g/mol. The van der Waals surface area contributed by atoms with Crippen LogP contribution in [0.1, 0.15) is 239 Å². The largest absolute Gasteiger partial charge is 0.472 e. The summed E-state index contributed by atoms with van der Waals surface area (Å²) in [4.78, 5) is 34.8. The minimum atomic E-state index is -4.28. The molecule has 1 N–H and O–H groups in total. The van der Waals surface area contributed by atoms with E-state index in [0.717, 1.165) is 44.9 Å². The maximum atomic E-state index is 12.6. The van der Waals surface area contributed by atoms with Crippen LogP contribution in [-0.4, -0.2) is 42.8 Å². The second kappa shape index (κ2) is 41.4. The Balaban J connectivity index is 4.02. The van der Waals surface area contributed by atoms with Gasteiger partial charge < -0.3 is 14.4 Å². The van der Waals surface area contributed by atoms with Crippen molar-refractivity contribution in [1.82, 2.24) is 0 Å². The summed E-state index contributed by atoms with van der Waals surface area (Å²) in [7, 11) is -4.28. The maximum Gasteiger partial charge on any atom is 0.472 e. The lowest BCUT2D eigenvalue weighted by Gasteiger charge is -2.19. The summed E-state index contributed by atoms with van der Waals surface area (Å²) in [5.74, 6) is -0.789. The molecule has 2 unspecified atom stereocenters. The average Bonchev–Trinajstić information content (AvgIpc) is 3.15. The zero-order valence-electron chi connectivity index (χ0n) is 35.6. The van der Waals surface area contributed by atoms with E-state index < -0.39 is 19.9 Å². The smallest absolute Gasteiger partial charge is 0.462 e. The van der Waals surface area contributed by atoms with Crippen LogP contribution in [0.4, 0.5) is 0 Å². The first-order valence-corrected chi connectivity index (χ1v) is 24.5. The first kappa shape index (κ1) is 52.8. The van der Waals surface area contributed by atoms with Crippen LogP contribution >= 0.6 is 7.82 Å². The Hall–Kier alpha value is -1.21. The molecule has 0 saturated heterocycles. The van der Waals surface area contributed by atoms with Gasteiger partial charge in [-0.3, -0.25) is 18.6 Å². The Labute approximate surface area is 333 Å². The fourth-order valence-electron chi connectivity index (χ4n) is 6.68. The van der Waals surface area contributed by atoms with Gasteiger partial charge in [0.25, 0.3) is 0 Å². The van der Waals surface area contributed by atoms with Crippen molar-refractivity contribution in [3.63, 3.8) is 0 Å². The third-order valence-electron chi connectivity index (χ3n) is 10.1. The van der Waals surface area contributed by atoms with Crippen molar-refractivity contribution in [1.29, 1.82) is 0 Å². The fraction of sp³-hybridized carbons (Fsp3) is 0.911. The Morgan fingerprint density at radius 2 is 0.833 bits per heavy atom. The lowest BCUT2D eigenvalue weighted by molar-refractivity contribution is -0.161. The van der Waals surface area contributed by atoms with Crippen molar-refractivity contribution in [3.8, 4) is 0 Å². The van der Waals surface area contributed by atoms with E-state index in [1.54, 1.807) is 6.92 Å². The molecule has 0 aromatic carbocycles. The molecule has 320 valence electrons. The highest BCUT2D eigenvalue weighted by atomic mass is 31.2. The van der Waals surface area contributed by atoms with Crippen molar-refractivity contribution >= 4 is 19.8 Å². The van der Waals surface area contributed by atoms with Crippen LogP contribution in [0.15, 0.2) is 12.2 Å². The molecule has 0 heterocycles. The van der Waals surface area contributed by atoms with Crippen LogP contribution < -0.4 is 0 Å². The molecule has 0 aliphatic heterocycles. The Morgan fingerprint density at radius 1 is 0.481 bits per heavy atom. The second-order valence-corrected chi connectivity index (χ2v) is 16.9. The van der Waals surface area contributed by atoms with E-state index in [0.29, 0.717) is 12.8 Å². The van der Waals surface area contributed by atoms with Crippen LogP contribution in [0, 0.1) is 0 Å². The number of hydrogen-bond donors (Lipinski definition) is 1. The summed E-state index contributed by atoms with van der Waals surface area (Å²) in [5.41, 5.74) is 0. The van der Waals surface area contributed by atoms with Gasteiger partial charge in [-0.15, -0.1) is 0 Å². The molecule has 0 spiro atoms. The van der Waals surface area contributed by atoms with Gasteiger partial charge in [0.2, 0.25) is 0 Å². The minimum absolute atomic E-state index is 0.00291. The third-order valence-corrected chi connectivity index (χ3v) is 11.1. The molecule has 0 bridgehead atoms. The zero-order valence-corrected chi connectivity index (χ0v) is 36.5. The van der Waals surface area contributed by atoms with Crippen LogP contribution in [0.5, 0.6) is 0 Å². The van der Waals surface area contributed by atoms with E-state index in [4.69, 9.17) is 18.5 Å². The molecule has 54 heavy (non-hydrogen) atoms. The van der Waals surface area contributed by atoms with Crippen LogP contribution in [0.25, 0.3) is 0 Å². The number of allylic oxidation sites excluding steroid dienone is 2. The molecule has 0 radical (unpaired) electrons. The van der Waals surface area contributed by atoms with Gasteiger partial charge in [0.05, 0.1) is 13.2 Å². The number of hydrogen-bond acceptors (Lipinski definition) is 7. The quantitative estimate of drug-likeness (QED) is 0.0282. The molecule has 0 aromatic rings. The number of esters is 2. The number of carbonyl (C=O) groups is 2. The average molecular weight is 787 g/mol. The number of carbonyl (C=O) groups excluding carboxylic acids is 2. The van der Waals surface area contributed by atoms with E-state index in [-0.39, 0.29) is 32.2 Å².